The summed E-state index contributed by atoms with van der Waals surface area (Å²) in [6.07, 6.45) is -1.79. The first-order valence-corrected chi connectivity index (χ1v) is 7.38. The number of carbonyl (C=O) groups is 1. The Morgan fingerprint density at radius 1 is 1.36 bits per heavy atom. The van der Waals surface area contributed by atoms with E-state index in [-0.39, 0.29) is 23.7 Å². The minimum Gasteiger partial charge on any atom is -0.405 e. The van der Waals surface area contributed by atoms with Crippen LogP contribution in [-0.4, -0.2) is 34.4 Å². The summed E-state index contributed by atoms with van der Waals surface area (Å²) in [5, 5.41) is 3.72. The number of aromatic nitrogens is 2. The van der Waals surface area contributed by atoms with Crippen molar-refractivity contribution in [1.82, 2.24) is 15.0 Å². The van der Waals surface area contributed by atoms with Crippen molar-refractivity contribution in [2.45, 2.75) is 26.3 Å². The van der Waals surface area contributed by atoms with Crippen molar-refractivity contribution in [3.63, 3.8) is 0 Å². The number of hydrogen-bond donors (Lipinski definition) is 0. The highest BCUT2D eigenvalue weighted by atomic mass is 19.4. The number of likely N-dealkylation sites (N-methyl/N-ethyl adjacent to an activating group) is 1. The highest BCUT2D eigenvalue weighted by Gasteiger charge is 2.31. The van der Waals surface area contributed by atoms with Gasteiger partial charge in [-0.25, -0.2) is 0 Å². The Kier molecular flexibility index (Phi) is 5.79. The second-order valence-electron chi connectivity index (χ2n) is 5.07. The van der Waals surface area contributed by atoms with Crippen LogP contribution in [-0.2, 0) is 17.8 Å². The highest BCUT2D eigenvalue weighted by Crippen LogP contribution is 2.27. The second kappa shape index (κ2) is 7.82. The van der Waals surface area contributed by atoms with Gasteiger partial charge in [0.15, 0.2) is 5.82 Å². The molecule has 1 amide bonds. The van der Waals surface area contributed by atoms with Gasteiger partial charge in [-0.15, -0.1) is 13.2 Å². The van der Waals surface area contributed by atoms with Crippen LogP contribution in [0.5, 0.6) is 5.75 Å². The van der Waals surface area contributed by atoms with Gasteiger partial charge in [-0.1, -0.05) is 30.3 Å². The zero-order chi connectivity index (χ0) is 18.4. The second-order valence-corrected chi connectivity index (χ2v) is 5.07. The number of para-hydroxylation sites is 1. The van der Waals surface area contributed by atoms with Gasteiger partial charge in [0.25, 0.3) is 0 Å². The predicted octanol–water partition coefficient (Wildman–Crippen LogP) is 3.20. The molecular formula is C16H16F3N3O3. The number of hydrogen-bond acceptors (Lipinski definition) is 5. The van der Waals surface area contributed by atoms with Crippen molar-refractivity contribution in [1.29, 1.82) is 0 Å². The lowest BCUT2D eigenvalue weighted by Gasteiger charge is -2.13. The lowest BCUT2D eigenvalue weighted by Crippen LogP contribution is -2.24. The molecule has 9 heteroatoms. The van der Waals surface area contributed by atoms with E-state index >= 15 is 0 Å². The van der Waals surface area contributed by atoms with E-state index < -0.39 is 12.3 Å². The first-order chi connectivity index (χ1) is 11.8. The van der Waals surface area contributed by atoms with Gasteiger partial charge >= 0.3 is 6.36 Å². The molecule has 0 bridgehead atoms. The summed E-state index contributed by atoms with van der Waals surface area (Å²) in [5.74, 6) is -0.00391. The molecule has 25 heavy (non-hydrogen) atoms. The van der Waals surface area contributed by atoms with Gasteiger partial charge in [-0.2, -0.15) is 4.98 Å². The van der Waals surface area contributed by atoms with Gasteiger partial charge < -0.3 is 14.2 Å². The average molecular weight is 355 g/mol. The molecule has 0 N–H and O–H groups in total. The van der Waals surface area contributed by atoms with Crippen LogP contribution in [0, 0.1) is 0 Å². The smallest absolute Gasteiger partial charge is 0.405 e. The highest BCUT2D eigenvalue weighted by molar-refractivity contribution is 5.91. The average Bonchev–Trinajstić information content (AvgIpc) is 3.00. The molecule has 0 radical (unpaired) electrons. The number of benzene rings is 1. The van der Waals surface area contributed by atoms with Gasteiger partial charge in [-0.3, -0.25) is 4.79 Å². The summed E-state index contributed by atoms with van der Waals surface area (Å²) in [7, 11) is 1.51. The Balaban J connectivity index is 2.04. The molecule has 0 fully saturated rings. The monoisotopic (exact) mass is 355 g/mol. The third kappa shape index (κ3) is 5.63. The summed E-state index contributed by atoms with van der Waals surface area (Å²) < 4.78 is 46.0. The Bertz CT molecular complexity index is 756. The summed E-state index contributed by atoms with van der Waals surface area (Å²) in [4.78, 5) is 17.5. The first-order valence-electron chi connectivity index (χ1n) is 7.38. The Morgan fingerprint density at radius 3 is 2.72 bits per heavy atom. The minimum absolute atomic E-state index is 0.0941. The van der Waals surface area contributed by atoms with E-state index in [2.05, 4.69) is 14.9 Å². The molecule has 0 saturated heterocycles. The number of carbonyl (C=O) groups excluding carboxylic acids is 1. The van der Waals surface area contributed by atoms with Crippen LogP contribution in [0.4, 0.5) is 13.2 Å². The molecule has 0 aliphatic carbocycles. The molecule has 6 nitrogen and oxygen atoms in total. The van der Waals surface area contributed by atoms with Gasteiger partial charge in [0.05, 0.1) is 6.54 Å². The third-order valence-electron chi connectivity index (χ3n) is 3.13. The molecule has 0 aliphatic heterocycles. The number of amides is 1. The van der Waals surface area contributed by atoms with Crippen molar-refractivity contribution < 1.29 is 27.2 Å². The van der Waals surface area contributed by atoms with Crippen LogP contribution in [0.15, 0.2) is 34.9 Å². The molecule has 0 aliphatic rings. The lowest BCUT2D eigenvalue weighted by molar-refractivity contribution is -0.274. The van der Waals surface area contributed by atoms with Gasteiger partial charge in [0.1, 0.15) is 5.75 Å². The fourth-order valence-electron chi connectivity index (χ4n) is 1.90. The maximum Gasteiger partial charge on any atom is 0.573 e. The fourth-order valence-corrected chi connectivity index (χ4v) is 1.90. The van der Waals surface area contributed by atoms with Crippen LogP contribution in [0.2, 0.25) is 0 Å². The van der Waals surface area contributed by atoms with E-state index in [0.717, 1.165) is 6.08 Å². The summed E-state index contributed by atoms with van der Waals surface area (Å²) >= 11 is 0. The number of halogens is 3. The molecule has 1 heterocycles. The summed E-state index contributed by atoms with van der Waals surface area (Å²) in [6, 6.07) is 5.54. The summed E-state index contributed by atoms with van der Waals surface area (Å²) in [5.41, 5.74) is 0.132. The minimum atomic E-state index is -4.81. The molecule has 0 spiro atoms. The molecular weight excluding hydrogens is 339 g/mol. The van der Waals surface area contributed by atoms with E-state index in [1.54, 1.807) is 6.07 Å². The maximum atomic E-state index is 12.4. The Hall–Kier alpha value is -2.84. The van der Waals surface area contributed by atoms with Crippen molar-refractivity contribution in [3.05, 3.63) is 47.6 Å². The molecule has 0 atom stereocenters. The predicted molar refractivity (Wildman–Crippen MR) is 82.3 cm³/mol. The number of rotatable bonds is 6. The Labute approximate surface area is 141 Å². The number of aryl methyl sites for hydroxylation is 1. The number of ether oxygens (including phenoxy) is 1. The largest absolute Gasteiger partial charge is 0.573 e. The van der Waals surface area contributed by atoms with Crippen LogP contribution < -0.4 is 4.74 Å². The quantitative estimate of drug-likeness (QED) is 0.745. The molecule has 0 unspecified atom stereocenters. The van der Waals surface area contributed by atoms with E-state index in [1.165, 1.54) is 36.2 Å². The summed E-state index contributed by atoms with van der Waals surface area (Å²) in [6.45, 7) is 1.96. The molecule has 134 valence electrons. The third-order valence-corrected chi connectivity index (χ3v) is 3.13. The first kappa shape index (κ1) is 18.5. The van der Waals surface area contributed by atoms with Gasteiger partial charge in [0.2, 0.25) is 11.8 Å². The van der Waals surface area contributed by atoms with E-state index in [1.807, 2.05) is 6.92 Å². The molecule has 1 aromatic carbocycles. The van der Waals surface area contributed by atoms with Crippen molar-refractivity contribution in [3.8, 4) is 5.75 Å². The van der Waals surface area contributed by atoms with Crippen LogP contribution >= 0.6 is 0 Å². The zero-order valence-corrected chi connectivity index (χ0v) is 13.6. The van der Waals surface area contributed by atoms with Gasteiger partial charge in [0, 0.05) is 25.1 Å². The molecule has 2 aromatic rings. The lowest BCUT2D eigenvalue weighted by atomic mass is 10.2. The van der Waals surface area contributed by atoms with Crippen LogP contribution in [0.1, 0.15) is 24.2 Å². The van der Waals surface area contributed by atoms with Crippen molar-refractivity contribution in [2.24, 2.45) is 0 Å². The van der Waals surface area contributed by atoms with Crippen LogP contribution in [0.3, 0.4) is 0 Å². The van der Waals surface area contributed by atoms with E-state index in [4.69, 9.17) is 4.52 Å². The topological polar surface area (TPSA) is 68.5 Å². The standard InChI is InChI=1S/C16H16F3N3O3/c1-3-13-20-14(25-21-13)10-22(2)15(23)9-8-11-6-4-5-7-12(11)24-16(17,18)19/h4-9H,3,10H2,1-2H3/b9-8+. The van der Waals surface area contributed by atoms with E-state index in [0.29, 0.717) is 12.2 Å². The molecule has 1 aromatic heterocycles. The maximum absolute atomic E-state index is 12.4. The van der Waals surface area contributed by atoms with Crippen molar-refractivity contribution in [2.75, 3.05) is 7.05 Å². The number of alkyl halides is 3. The van der Waals surface area contributed by atoms with Crippen molar-refractivity contribution >= 4 is 12.0 Å². The zero-order valence-electron chi connectivity index (χ0n) is 13.6. The van der Waals surface area contributed by atoms with E-state index in [9.17, 15) is 18.0 Å². The van der Waals surface area contributed by atoms with Crippen LogP contribution in [0.25, 0.3) is 6.08 Å². The normalized spacial score (nSPS) is 11.7. The number of nitrogens with zero attached hydrogens (tertiary/aromatic N) is 3. The molecule has 2 rings (SSSR count). The van der Waals surface area contributed by atoms with Gasteiger partial charge in [-0.05, 0) is 12.1 Å². The Morgan fingerprint density at radius 2 is 2.08 bits per heavy atom. The molecule has 0 saturated carbocycles. The fraction of sp³-hybridized carbons (Fsp3) is 0.312. The SMILES string of the molecule is CCc1noc(CN(C)C(=O)/C=C/c2ccccc2OC(F)(F)F)n1.